The minimum absolute atomic E-state index is 0.499. The van der Waals surface area contributed by atoms with E-state index in [0.29, 0.717) is 6.54 Å². The first kappa shape index (κ1) is 12.1. The Morgan fingerprint density at radius 1 is 1.29 bits per heavy atom. The number of aryl methyl sites for hydroxylation is 2. The average Bonchev–Trinajstić information content (AvgIpc) is 2.77. The zero-order valence-corrected chi connectivity index (χ0v) is 11.1. The lowest BCUT2D eigenvalue weighted by molar-refractivity contribution is 0.408. The largest absolute Gasteiger partial charge is 0.496 e. The van der Waals surface area contributed by atoms with Crippen molar-refractivity contribution in [1.29, 1.82) is 0 Å². The highest BCUT2D eigenvalue weighted by molar-refractivity contribution is 7.09. The van der Waals surface area contributed by atoms with Crippen LogP contribution in [-0.4, -0.2) is 12.1 Å². The number of hydrogen-bond donors (Lipinski definition) is 1. The summed E-state index contributed by atoms with van der Waals surface area (Å²) in [5, 5.41) is 3.01. The molecule has 1 aromatic carbocycles. The van der Waals surface area contributed by atoms with Gasteiger partial charge in [-0.25, -0.2) is 4.98 Å². The van der Waals surface area contributed by atoms with E-state index in [1.54, 1.807) is 18.4 Å². The highest BCUT2D eigenvalue weighted by atomic mass is 32.1. The number of nitrogens with zero attached hydrogens (tertiary/aromatic N) is 1. The Labute approximate surface area is 105 Å². The maximum absolute atomic E-state index is 5.57. The summed E-state index contributed by atoms with van der Waals surface area (Å²) in [5.74, 6) is 0.947. The van der Waals surface area contributed by atoms with Crippen molar-refractivity contribution in [2.45, 2.75) is 20.4 Å². The van der Waals surface area contributed by atoms with Crippen LogP contribution in [-0.2, 0) is 6.54 Å². The fourth-order valence-electron chi connectivity index (χ4n) is 1.96. The predicted molar refractivity (Wildman–Crippen MR) is 71.5 cm³/mol. The summed E-state index contributed by atoms with van der Waals surface area (Å²) in [6, 6.07) is 4.20. The zero-order chi connectivity index (χ0) is 12.4. The van der Waals surface area contributed by atoms with Gasteiger partial charge in [0.25, 0.3) is 0 Å². The van der Waals surface area contributed by atoms with Gasteiger partial charge < -0.3 is 10.5 Å². The molecule has 0 bridgehead atoms. The Morgan fingerprint density at radius 2 is 1.94 bits per heavy atom. The van der Waals surface area contributed by atoms with Crippen LogP contribution in [0.1, 0.15) is 16.1 Å². The number of hydrogen-bond acceptors (Lipinski definition) is 4. The number of thiazole rings is 1. The summed E-state index contributed by atoms with van der Waals surface area (Å²) >= 11 is 1.60. The molecule has 0 amide bonds. The molecular weight excluding hydrogens is 232 g/mol. The quantitative estimate of drug-likeness (QED) is 0.908. The van der Waals surface area contributed by atoms with Crippen molar-refractivity contribution < 1.29 is 4.74 Å². The molecule has 0 aliphatic heterocycles. The van der Waals surface area contributed by atoms with E-state index in [1.807, 2.05) is 19.2 Å². The molecule has 0 saturated heterocycles. The molecule has 2 rings (SSSR count). The van der Waals surface area contributed by atoms with Crippen LogP contribution in [0.5, 0.6) is 5.75 Å². The van der Waals surface area contributed by atoms with E-state index in [2.05, 4.69) is 17.1 Å². The zero-order valence-electron chi connectivity index (χ0n) is 10.3. The van der Waals surface area contributed by atoms with Gasteiger partial charge in [-0.2, -0.15) is 0 Å². The first-order valence-corrected chi connectivity index (χ1v) is 6.33. The molecule has 1 aromatic heterocycles. The highest BCUT2D eigenvalue weighted by Gasteiger charge is 2.09. The molecule has 2 aromatic rings. The molecule has 0 saturated carbocycles. The summed E-state index contributed by atoms with van der Waals surface area (Å²) in [7, 11) is 1.70. The Balaban J connectivity index is 2.46. The van der Waals surface area contributed by atoms with E-state index in [0.717, 1.165) is 33.1 Å². The Bertz CT molecular complexity index is 511. The van der Waals surface area contributed by atoms with Crippen LogP contribution in [0.15, 0.2) is 17.5 Å². The van der Waals surface area contributed by atoms with E-state index in [4.69, 9.17) is 10.5 Å². The van der Waals surface area contributed by atoms with E-state index in [9.17, 15) is 0 Å². The highest BCUT2D eigenvalue weighted by Crippen LogP contribution is 2.30. The molecule has 0 fully saturated rings. The monoisotopic (exact) mass is 248 g/mol. The molecule has 0 spiro atoms. The fourth-order valence-corrected chi connectivity index (χ4v) is 2.64. The summed E-state index contributed by atoms with van der Waals surface area (Å²) in [4.78, 5) is 4.49. The molecule has 0 aliphatic carbocycles. The van der Waals surface area contributed by atoms with Crippen molar-refractivity contribution in [1.82, 2.24) is 4.98 Å². The van der Waals surface area contributed by atoms with Gasteiger partial charge in [0.2, 0.25) is 0 Å². The third-order valence-corrected chi connectivity index (χ3v) is 3.56. The van der Waals surface area contributed by atoms with Crippen LogP contribution >= 0.6 is 11.3 Å². The van der Waals surface area contributed by atoms with E-state index in [-0.39, 0.29) is 0 Å². The van der Waals surface area contributed by atoms with Crippen LogP contribution in [0.4, 0.5) is 0 Å². The standard InChI is InChI=1S/C13H16N2OS/c1-8-4-10(5-9(2)13(8)16-3)11-7-17-12(6-14)15-11/h4-5,7H,6,14H2,1-3H3. The van der Waals surface area contributed by atoms with Gasteiger partial charge in [0.1, 0.15) is 10.8 Å². The molecule has 2 N–H and O–H groups in total. The van der Waals surface area contributed by atoms with Crippen molar-refractivity contribution in [2.75, 3.05) is 7.11 Å². The fraction of sp³-hybridized carbons (Fsp3) is 0.308. The lowest BCUT2D eigenvalue weighted by Crippen LogP contribution is -1.95. The van der Waals surface area contributed by atoms with Gasteiger partial charge >= 0.3 is 0 Å². The van der Waals surface area contributed by atoms with Crippen molar-refractivity contribution in [3.05, 3.63) is 33.6 Å². The molecule has 3 nitrogen and oxygen atoms in total. The normalized spacial score (nSPS) is 10.6. The van der Waals surface area contributed by atoms with Crippen molar-refractivity contribution in [3.63, 3.8) is 0 Å². The lowest BCUT2D eigenvalue weighted by atomic mass is 10.0. The van der Waals surface area contributed by atoms with Crippen LogP contribution < -0.4 is 10.5 Å². The molecule has 0 unspecified atom stereocenters. The van der Waals surface area contributed by atoms with Crippen LogP contribution in [0, 0.1) is 13.8 Å². The van der Waals surface area contributed by atoms with Gasteiger partial charge in [-0.05, 0) is 37.1 Å². The topological polar surface area (TPSA) is 48.1 Å². The second kappa shape index (κ2) is 4.85. The number of methoxy groups -OCH3 is 1. The minimum Gasteiger partial charge on any atom is -0.496 e. The predicted octanol–water partition coefficient (Wildman–Crippen LogP) is 2.89. The first-order valence-electron chi connectivity index (χ1n) is 5.45. The van der Waals surface area contributed by atoms with Gasteiger partial charge in [0.15, 0.2) is 0 Å². The van der Waals surface area contributed by atoms with Crippen LogP contribution in [0.25, 0.3) is 11.3 Å². The summed E-state index contributed by atoms with van der Waals surface area (Å²) in [6.45, 7) is 4.59. The molecule has 4 heteroatoms. The van der Waals surface area contributed by atoms with Crippen LogP contribution in [0.3, 0.4) is 0 Å². The second-order valence-corrected chi connectivity index (χ2v) is 4.92. The van der Waals surface area contributed by atoms with Gasteiger partial charge in [-0.15, -0.1) is 11.3 Å². The van der Waals surface area contributed by atoms with Gasteiger partial charge in [0.05, 0.1) is 12.8 Å². The molecule has 1 heterocycles. The Kier molecular flexibility index (Phi) is 3.45. The van der Waals surface area contributed by atoms with E-state index >= 15 is 0 Å². The molecule has 0 radical (unpaired) electrons. The van der Waals surface area contributed by atoms with Gasteiger partial charge in [-0.1, -0.05) is 0 Å². The molecular formula is C13H16N2OS. The van der Waals surface area contributed by atoms with E-state index in [1.165, 1.54) is 0 Å². The molecule has 90 valence electrons. The smallest absolute Gasteiger partial charge is 0.124 e. The summed E-state index contributed by atoms with van der Waals surface area (Å²) in [5.41, 5.74) is 9.95. The number of aromatic nitrogens is 1. The lowest BCUT2D eigenvalue weighted by Gasteiger charge is -2.10. The Hall–Kier alpha value is -1.39. The number of nitrogens with two attached hydrogens (primary N) is 1. The second-order valence-electron chi connectivity index (χ2n) is 3.97. The summed E-state index contributed by atoms with van der Waals surface area (Å²) in [6.07, 6.45) is 0. The van der Waals surface area contributed by atoms with Crippen LogP contribution in [0.2, 0.25) is 0 Å². The first-order chi connectivity index (χ1) is 8.15. The van der Waals surface area contributed by atoms with Crippen molar-refractivity contribution in [3.8, 4) is 17.0 Å². The van der Waals surface area contributed by atoms with Crippen molar-refractivity contribution in [2.24, 2.45) is 5.73 Å². The van der Waals surface area contributed by atoms with Crippen molar-refractivity contribution >= 4 is 11.3 Å². The molecule has 0 aliphatic rings. The third-order valence-electron chi connectivity index (χ3n) is 2.69. The van der Waals surface area contributed by atoms with Gasteiger partial charge in [-0.3, -0.25) is 0 Å². The maximum Gasteiger partial charge on any atom is 0.124 e. The Morgan fingerprint density at radius 3 is 2.41 bits per heavy atom. The third kappa shape index (κ3) is 2.33. The number of rotatable bonds is 3. The molecule has 17 heavy (non-hydrogen) atoms. The average molecular weight is 248 g/mol. The minimum atomic E-state index is 0.499. The number of benzene rings is 1. The SMILES string of the molecule is COc1c(C)cc(-c2csc(CN)n2)cc1C. The molecule has 0 atom stereocenters. The number of ether oxygens (including phenoxy) is 1. The van der Waals surface area contributed by atoms with Gasteiger partial charge in [0, 0.05) is 17.5 Å². The maximum atomic E-state index is 5.57. The summed E-state index contributed by atoms with van der Waals surface area (Å²) < 4.78 is 5.36. The van der Waals surface area contributed by atoms with E-state index < -0.39 is 0 Å².